The summed E-state index contributed by atoms with van der Waals surface area (Å²) in [7, 11) is 0. The van der Waals surface area contributed by atoms with Crippen LogP contribution in [-0.4, -0.2) is 12.5 Å². The first kappa shape index (κ1) is 13.9. The van der Waals surface area contributed by atoms with E-state index in [0.29, 0.717) is 22.1 Å². The van der Waals surface area contributed by atoms with Gasteiger partial charge in [0.15, 0.2) is 0 Å². The van der Waals surface area contributed by atoms with E-state index in [9.17, 15) is 4.79 Å². The monoisotopic (exact) mass is 294 g/mol. The Balaban J connectivity index is 2.35. The third-order valence-electron chi connectivity index (χ3n) is 2.69. The first-order chi connectivity index (χ1) is 9.13. The van der Waals surface area contributed by atoms with Gasteiger partial charge in [0.05, 0.1) is 5.02 Å². The molecule has 0 fully saturated rings. The van der Waals surface area contributed by atoms with Crippen molar-refractivity contribution in [3.05, 3.63) is 45.6 Å². The molecule has 5 heteroatoms. The summed E-state index contributed by atoms with van der Waals surface area (Å²) in [5.74, 6) is -0.0764. The van der Waals surface area contributed by atoms with Crippen molar-refractivity contribution in [3.63, 3.8) is 0 Å². The molecule has 0 saturated carbocycles. The predicted octanol–water partition coefficient (Wildman–Crippen LogP) is 4.04. The van der Waals surface area contributed by atoms with Crippen LogP contribution in [0.3, 0.4) is 0 Å². The van der Waals surface area contributed by atoms with Crippen molar-refractivity contribution in [1.29, 1.82) is 0 Å². The van der Waals surface area contributed by atoms with Gasteiger partial charge in [-0.3, -0.25) is 4.79 Å². The Morgan fingerprint density at radius 3 is 2.79 bits per heavy atom. The lowest BCUT2D eigenvalue weighted by Crippen LogP contribution is -2.31. The second-order valence-corrected chi connectivity index (χ2v) is 5.47. The molecule has 1 heterocycles. The molecular weight excluding hydrogens is 280 g/mol. The maximum atomic E-state index is 12.5. The van der Waals surface area contributed by atoms with Gasteiger partial charge in [-0.15, -0.1) is 11.3 Å². The van der Waals surface area contributed by atoms with Crippen LogP contribution in [0.25, 0.3) is 0 Å². The molecule has 100 valence electrons. The summed E-state index contributed by atoms with van der Waals surface area (Å²) in [6.07, 6.45) is 0.865. The average Bonchev–Trinajstić information content (AvgIpc) is 2.81. The number of hydrogen-bond donors (Lipinski definition) is 1. The third-order valence-corrected chi connectivity index (χ3v) is 4.02. The highest BCUT2D eigenvalue weighted by Crippen LogP contribution is 2.27. The molecule has 0 aliphatic heterocycles. The maximum Gasteiger partial charge on any atom is 0.269 e. The Bertz CT molecular complexity index is 582. The largest absolute Gasteiger partial charge is 0.399 e. The molecule has 0 spiro atoms. The number of nitrogens with zero attached hydrogens (tertiary/aromatic N) is 1. The zero-order valence-corrected chi connectivity index (χ0v) is 12.2. The van der Waals surface area contributed by atoms with Gasteiger partial charge >= 0.3 is 0 Å². The average molecular weight is 295 g/mol. The number of hydrogen-bond acceptors (Lipinski definition) is 3. The maximum absolute atomic E-state index is 12.5. The minimum absolute atomic E-state index is 0.0764. The lowest BCUT2D eigenvalue weighted by molar-refractivity contribution is 0.0991. The molecule has 1 aromatic carbocycles. The third kappa shape index (κ3) is 3.08. The molecule has 2 aromatic rings. The smallest absolute Gasteiger partial charge is 0.269 e. The number of amides is 1. The molecule has 2 N–H and O–H groups in total. The van der Waals surface area contributed by atoms with E-state index in [2.05, 4.69) is 0 Å². The second kappa shape index (κ2) is 6.08. The number of halogens is 1. The molecule has 0 atom stereocenters. The fourth-order valence-corrected chi connectivity index (χ4v) is 2.92. The van der Waals surface area contributed by atoms with Gasteiger partial charge in [-0.05, 0) is 36.1 Å². The van der Waals surface area contributed by atoms with Gasteiger partial charge in [0, 0.05) is 17.9 Å². The number of anilines is 2. The minimum atomic E-state index is -0.0764. The lowest BCUT2D eigenvalue weighted by Gasteiger charge is -2.22. The van der Waals surface area contributed by atoms with Crippen molar-refractivity contribution in [2.24, 2.45) is 0 Å². The van der Waals surface area contributed by atoms with Crippen LogP contribution < -0.4 is 10.6 Å². The number of carbonyl (C=O) groups is 1. The van der Waals surface area contributed by atoms with E-state index >= 15 is 0 Å². The zero-order valence-electron chi connectivity index (χ0n) is 10.6. The SMILES string of the molecule is CCCN(C(=O)c1sccc1Cl)c1cccc(N)c1. The summed E-state index contributed by atoms with van der Waals surface area (Å²) in [5.41, 5.74) is 7.22. The van der Waals surface area contributed by atoms with E-state index in [1.165, 1.54) is 11.3 Å². The quantitative estimate of drug-likeness (QED) is 0.865. The highest BCUT2D eigenvalue weighted by molar-refractivity contribution is 7.12. The van der Waals surface area contributed by atoms with Crippen molar-refractivity contribution < 1.29 is 4.79 Å². The van der Waals surface area contributed by atoms with Crippen LogP contribution in [0, 0.1) is 0 Å². The second-order valence-electron chi connectivity index (χ2n) is 4.15. The Kier molecular flexibility index (Phi) is 4.45. The zero-order chi connectivity index (χ0) is 13.8. The van der Waals surface area contributed by atoms with Gasteiger partial charge in [-0.2, -0.15) is 0 Å². The van der Waals surface area contributed by atoms with E-state index in [4.69, 9.17) is 17.3 Å². The van der Waals surface area contributed by atoms with Crippen molar-refractivity contribution in [1.82, 2.24) is 0 Å². The summed E-state index contributed by atoms with van der Waals surface area (Å²) in [4.78, 5) is 14.8. The number of benzene rings is 1. The minimum Gasteiger partial charge on any atom is -0.399 e. The molecule has 1 amide bonds. The summed E-state index contributed by atoms with van der Waals surface area (Å²) < 4.78 is 0. The van der Waals surface area contributed by atoms with Gasteiger partial charge in [0.2, 0.25) is 0 Å². The van der Waals surface area contributed by atoms with Crippen molar-refractivity contribution in [2.45, 2.75) is 13.3 Å². The summed E-state index contributed by atoms with van der Waals surface area (Å²) in [5, 5.41) is 2.32. The number of carbonyl (C=O) groups excluding carboxylic acids is 1. The molecular formula is C14H15ClN2OS. The number of nitrogens with two attached hydrogens (primary N) is 1. The van der Waals surface area contributed by atoms with Gasteiger partial charge in [0.25, 0.3) is 5.91 Å². The van der Waals surface area contributed by atoms with Gasteiger partial charge < -0.3 is 10.6 Å². The topological polar surface area (TPSA) is 46.3 Å². The fourth-order valence-electron chi connectivity index (χ4n) is 1.83. The van der Waals surface area contributed by atoms with E-state index in [0.717, 1.165) is 12.1 Å². The van der Waals surface area contributed by atoms with E-state index in [-0.39, 0.29) is 5.91 Å². The van der Waals surface area contributed by atoms with Crippen LogP contribution in [-0.2, 0) is 0 Å². The predicted molar refractivity (Wildman–Crippen MR) is 82.2 cm³/mol. The van der Waals surface area contributed by atoms with E-state index in [1.807, 2.05) is 24.4 Å². The molecule has 0 bridgehead atoms. The normalized spacial score (nSPS) is 10.4. The Morgan fingerprint density at radius 1 is 1.42 bits per heavy atom. The first-order valence-corrected chi connectivity index (χ1v) is 7.29. The molecule has 0 saturated heterocycles. The molecule has 0 aliphatic rings. The van der Waals surface area contributed by atoms with Crippen molar-refractivity contribution in [2.75, 3.05) is 17.2 Å². The van der Waals surface area contributed by atoms with Gasteiger partial charge in [0.1, 0.15) is 4.88 Å². The molecule has 19 heavy (non-hydrogen) atoms. The van der Waals surface area contributed by atoms with Crippen molar-refractivity contribution in [3.8, 4) is 0 Å². The first-order valence-electron chi connectivity index (χ1n) is 6.04. The number of nitrogen functional groups attached to an aromatic ring is 1. The van der Waals surface area contributed by atoms with Crippen LogP contribution in [0.5, 0.6) is 0 Å². The summed E-state index contributed by atoms with van der Waals surface area (Å²) in [6, 6.07) is 9.07. The van der Waals surface area contributed by atoms with Gasteiger partial charge in [-0.1, -0.05) is 24.6 Å². The van der Waals surface area contributed by atoms with Crippen LogP contribution in [0.1, 0.15) is 23.0 Å². The van der Waals surface area contributed by atoms with E-state index in [1.54, 1.807) is 23.1 Å². The highest BCUT2D eigenvalue weighted by Gasteiger charge is 2.20. The number of rotatable bonds is 4. The Morgan fingerprint density at radius 2 is 2.21 bits per heavy atom. The van der Waals surface area contributed by atoms with Crippen LogP contribution >= 0.6 is 22.9 Å². The molecule has 0 unspecified atom stereocenters. The lowest BCUT2D eigenvalue weighted by atomic mass is 10.2. The van der Waals surface area contributed by atoms with Gasteiger partial charge in [-0.25, -0.2) is 0 Å². The van der Waals surface area contributed by atoms with Crippen LogP contribution in [0.15, 0.2) is 35.7 Å². The Hall–Kier alpha value is -1.52. The van der Waals surface area contributed by atoms with E-state index < -0.39 is 0 Å². The molecule has 0 radical (unpaired) electrons. The molecule has 2 rings (SSSR count). The van der Waals surface area contributed by atoms with Crippen LogP contribution in [0.2, 0.25) is 5.02 Å². The van der Waals surface area contributed by atoms with Crippen LogP contribution in [0.4, 0.5) is 11.4 Å². The molecule has 0 aliphatic carbocycles. The summed E-state index contributed by atoms with van der Waals surface area (Å²) >= 11 is 7.39. The number of thiophene rings is 1. The summed E-state index contributed by atoms with van der Waals surface area (Å²) in [6.45, 7) is 2.67. The fraction of sp³-hybridized carbons (Fsp3) is 0.214. The van der Waals surface area contributed by atoms with Crippen molar-refractivity contribution >= 4 is 40.2 Å². The Labute approximate surface area is 121 Å². The highest BCUT2D eigenvalue weighted by atomic mass is 35.5. The molecule has 1 aromatic heterocycles. The standard InChI is InChI=1S/C14H15ClN2OS/c1-2-7-17(11-5-3-4-10(16)9-11)14(18)13-12(15)6-8-19-13/h3-6,8-9H,2,7,16H2,1H3. The molecule has 3 nitrogen and oxygen atoms in total.